The zero-order valence-electron chi connectivity index (χ0n) is 19.0. The van der Waals surface area contributed by atoms with Crippen molar-refractivity contribution in [2.75, 3.05) is 7.11 Å². The number of fused-ring (bicyclic) bond motifs is 1. The highest BCUT2D eigenvalue weighted by Crippen LogP contribution is 2.41. The number of rotatable bonds is 8. The number of aryl methyl sites for hydroxylation is 1. The Morgan fingerprint density at radius 1 is 0.824 bits per heavy atom. The average molecular weight is 451 g/mol. The molecule has 0 amide bonds. The van der Waals surface area contributed by atoms with Crippen LogP contribution >= 0.6 is 0 Å². The van der Waals surface area contributed by atoms with Crippen molar-refractivity contribution in [1.82, 2.24) is 9.55 Å². The number of hydrogen-bond donors (Lipinski definition) is 1. The number of methoxy groups -OCH3 is 1. The number of hydrogen-bond acceptors (Lipinski definition) is 4. The minimum atomic E-state index is 0.255. The first-order chi connectivity index (χ1) is 16.7. The van der Waals surface area contributed by atoms with Gasteiger partial charge in [-0.1, -0.05) is 54.6 Å². The first-order valence-electron chi connectivity index (χ1n) is 11.3. The second-order valence-electron chi connectivity index (χ2n) is 8.08. The Labute approximate surface area is 198 Å². The lowest BCUT2D eigenvalue weighted by Gasteiger charge is -2.15. The quantitative estimate of drug-likeness (QED) is 0.304. The van der Waals surface area contributed by atoms with Crippen LogP contribution in [0.2, 0.25) is 0 Å². The van der Waals surface area contributed by atoms with Gasteiger partial charge in [0.05, 0.1) is 12.8 Å². The molecule has 34 heavy (non-hydrogen) atoms. The van der Waals surface area contributed by atoms with E-state index in [4.69, 9.17) is 9.47 Å². The predicted molar refractivity (Wildman–Crippen MR) is 134 cm³/mol. The van der Waals surface area contributed by atoms with Gasteiger partial charge in [0, 0.05) is 41.2 Å². The molecule has 5 rings (SSSR count). The summed E-state index contributed by atoms with van der Waals surface area (Å²) in [6.45, 7) is 1.06. The summed E-state index contributed by atoms with van der Waals surface area (Å²) in [4.78, 5) is 4.43. The summed E-state index contributed by atoms with van der Waals surface area (Å²) < 4.78 is 13.7. The largest absolute Gasteiger partial charge is 0.494 e. The third kappa shape index (κ3) is 4.33. The summed E-state index contributed by atoms with van der Waals surface area (Å²) >= 11 is 0. The highest BCUT2D eigenvalue weighted by molar-refractivity contribution is 6.00. The minimum Gasteiger partial charge on any atom is -0.494 e. The minimum absolute atomic E-state index is 0.255. The van der Waals surface area contributed by atoms with Gasteiger partial charge in [-0.05, 0) is 42.0 Å². The van der Waals surface area contributed by atoms with Gasteiger partial charge in [0.1, 0.15) is 6.61 Å². The van der Waals surface area contributed by atoms with Crippen LogP contribution < -0.4 is 9.47 Å². The first-order valence-corrected chi connectivity index (χ1v) is 11.3. The van der Waals surface area contributed by atoms with Gasteiger partial charge in [0.25, 0.3) is 0 Å². The molecule has 0 aliphatic carbocycles. The van der Waals surface area contributed by atoms with E-state index >= 15 is 0 Å². The van der Waals surface area contributed by atoms with E-state index in [0.29, 0.717) is 31.1 Å². The molecule has 0 atom stereocenters. The molecule has 0 saturated heterocycles. The fourth-order valence-electron chi connectivity index (χ4n) is 4.25. The van der Waals surface area contributed by atoms with E-state index in [1.54, 1.807) is 13.3 Å². The van der Waals surface area contributed by atoms with E-state index in [0.717, 1.165) is 33.3 Å². The molecule has 0 saturated carbocycles. The summed E-state index contributed by atoms with van der Waals surface area (Å²) in [5.41, 5.74) is 3.96. The van der Waals surface area contributed by atoms with Crippen LogP contribution in [0.5, 0.6) is 17.4 Å². The fraction of sp³-hybridized carbons (Fsp3) is 0.138. The van der Waals surface area contributed by atoms with E-state index in [-0.39, 0.29) is 5.88 Å². The Kier molecular flexibility index (Phi) is 6.17. The highest BCUT2D eigenvalue weighted by Gasteiger charge is 2.19. The van der Waals surface area contributed by atoms with Crippen molar-refractivity contribution >= 4 is 10.8 Å². The molecule has 2 heterocycles. The average Bonchev–Trinajstić information content (AvgIpc) is 3.19. The Balaban J connectivity index is 1.51. The molecule has 3 aromatic carbocycles. The van der Waals surface area contributed by atoms with Crippen LogP contribution in [0.15, 0.2) is 97.2 Å². The van der Waals surface area contributed by atoms with E-state index < -0.39 is 0 Å². The van der Waals surface area contributed by atoms with Crippen molar-refractivity contribution < 1.29 is 14.6 Å². The molecule has 0 bridgehead atoms. The van der Waals surface area contributed by atoms with Crippen LogP contribution in [0.25, 0.3) is 22.0 Å². The highest BCUT2D eigenvalue weighted by atomic mass is 16.5. The maximum Gasteiger partial charge on any atom is 0.199 e. The van der Waals surface area contributed by atoms with Crippen LogP contribution in [0.4, 0.5) is 0 Å². The summed E-state index contributed by atoms with van der Waals surface area (Å²) in [6, 6.07) is 29.8. The van der Waals surface area contributed by atoms with Crippen molar-refractivity contribution in [3.05, 3.63) is 108 Å². The number of ether oxygens (including phenoxy) is 2. The Morgan fingerprint density at radius 3 is 2.35 bits per heavy atom. The van der Waals surface area contributed by atoms with Crippen molar-refractivity contribution in [2.45, 2.75) is 19.6 Å². The van der Waals surface area contributed by atoms with Crippen LogP contribution in [-0.4, -0.2) is 21.8 Å². The molecule has 0 aliphatic rings. The molecule has 0 unspecified atom stereocenters. The summed E-state index contributed by atoms with van der Waals surface area (Å²) in [7, 11) is 1.64. The SMILES string of the molecule is COc1cc(-c2c3ccccc3c(O)n2CCc2ccccn2)ccc1OCc1ccccc1. The third-order valence-electron chi connectivity index (χ3n) is 5.94. The smallest absolute Gasteiger partial charge is 0.199 e. The van der Waals surface area contributed by atoms with Gasteiger partial charge in [0.2, 0.25) is 0 Å². The lowest BCUT2D eigenvalue weighted by atomic mass is 10.1. The second kappa shape index (κ2) is 9.71. The standard InChI is InChI=1S/C29H26N2O3/c1-33-27-19-22(14-15-26(27)34-20-21-9-3-2-4-10-21)28-24-12-5-6-13-25(24)29(32)31(28)18-16-23-11-7-8-17-30-23/h2-15,17,19,32H,16,18,20H2,1H3. The number of pyridine rings is 1. The molecule has 0 spiro atoms. The molecule has 0 radical (unpaired) electrons. The van der Waals surface area contributed by atoms with Crippen LogP contribution in [-0.2, 0) is 19.6 Å². The monoisotopic (exact) mass is 450 g/mol. The summed E-state index contributed by atoms with van der Waals surface area (Å²) in [6.07, 6.45) is 2.50. The summed E-state index contributed by atoms with van der Waals surface area (Å²) in [5.74, 6) is 1.58. The first kappa shape index (κ1) is 21.6. The van der Waals surface area contributed by atoms with Gasteiger partial charge < -0.3 is 19.1 Å². The van der Waals surface area contributed by atoms with Crippen LogP contribution in [0.1, 0.15) is 11.3 Å². The Bertz CT molecular complexity index is 1400. The third-order valence-corrected chi connectivity index (χ3v) is 5.94. The molecular formula is C29H26N2O3. The lowest BCUT2D eigenvalue weighted by Crippen LogP contribution is -2.04. The molecule has 5 aromatic rings. The molecule has 0 fully saturated rings. The molecule has 170 valence electrons. The number of aromatic hydroxyl groups is 1. The van der Waals surface area contributed by atoms with E-state index in [9.17, 15) is 5.11 Å². The van der Waals surface area contributed by atoms with Crippen molar-refractivity contribution in [1.29, 1.82) is 0 Å². The van der Waals surface area contributed by atoms with Gasteiger partial charge in [-0.15, -0.1) is 0 Å². The molecule has 0 aliphatic heterocycles. The number of benzene rings is 3. The molecule has 2 aromatic heterocycles. The van der Waals surface area contributed by atoms with Crippen molar-refractivity contribution in [3.8, 4) is 28.6 Å². The van der Waals surface area contributed by atoms with Crippen molar-refractivity contribution in [3.63, 3.8) is 0 Å². The maximum absolute atomic E-state index is 11.1. The topological polar surface area (TPSA) is 56.5 Å². The van der Waals surface area contributed by atoms with Gasteiger partial charge in [-0.3, -0.25) is 4.98 Å². The second-order valence-corrected chi connectivity index (χ2v) is 8.08. The van der Waals surface area contributed by atoms with Gasteiger partial charge in [-0.25, -0.2) is 0 Å². The van der Waals surface area contributed by atoms with E-state index in [1.807, 2.05) is 95.6 Å². The number of aromatic nitrogens is 2. The van der Waals surface area contributed by atoms with Gasteiger partial charge in [-0.2, -0.15) is 0 Å². The summed E-state index contributed by atoms with van der Waals surface area (Å²) in [5, 5.41) is 12.9. The van der Waals surface area contributed by atoms with Crippen molar-refractivity contribution in [2.24, 2.45) is 0 Å². The van der Waals surface area contributed by atoms with Crippen LogP contribution in [0.3, 0.4) is 0 Å². The van der Waals surface area contributed by atoms with Gasteiger partial charge >= 0.3 is 0 Å². The molecular weight excluding hydrogens is 424 g/mol. The molecule has 5 nitrogen and oxygen atoms in total. The Morgan fingerprint density at radius 2 is 1.59 bits per heavy atom. The fourth-order valence-corrected chi connectivity index (χ4v) is 4.25. The van der Waals surface area contributed by atoms with E-state index in [1.165, 1.54) is 0 Å². The zero-order chi connectivity index (χ0) is 23.3. The lowest BCUT2D eigenvalue weighted by molar-refractivity contribution is 0.284. The van der Waals surface area contributed by atoms with E-state index in [2.05, 4.69) is 4.98 Å². The predicted octanol–water partition coefficient (Wildman–Crippen LogP) is 6.24. The van der Waals surface area contributed by atoms with Crippen LogP contribution in [0, 0.1) is 0 Å². The molecule has 1 N–H and O–H groups in total. The molecule has 5 heteroatoms. The Hall–Kier alpha value is -4.25. The normalized spacial score (nSPS) is 11.0. The number of nitrogens with zero attached hydrogens (tertiary/aromatic N) is 2. The van der Waals surface area contributed by atoms with Gasteiger partial charge in [0.15, 0.2) is 17.4 Å². The maximum atomic E-state index is 11.1. The zero-order valence-corrected chi connectivity index (χ0v) is 19.0.